The number of rotatable bonds is 5. The monoisotopic (exact) mass is 281 g/mol. The van der Waals surface area contributed by atoms with E-state index in [2.05, 4.69) is 16.6 Å². The maximum atomic E-state index is 10.7. The molecule has 1 saturated carbocycles. The Kier molecular flexibility index (Phi) is 4.29. The minimum atomic E-state index is -0.396. The van der Waals surface area contributed by atoms with E-state index in [0.29, 0.717) is 10.4 Å². The molecule has 0 spiro atoms. The Morgan fingerprint density at radius 2 is 2.16 bits per heavy atom. The summed E-state index contributed by atoms with van der Waals surface area (Å²) in [6.07, 6.45) is 7.19. The second-order valence-electron chi connectivity index (χ2n) is 5.01. The van der Waals surface area contributed by atoms with Crippen LogP contribution in [0.3, 0.4) is 0 Å². The topological polar surface area (TPSA) is 68.1 Å². The summed E-state index contributed by atoms with van der Waals surface area (Å²) in [7, 11) is 0. The van der Waals surface area contributed by atoms with Crippen molar-refractivity contribution < 1.29 is 4.92 Å². The van der Waals surface area contributed by atoms with E-state index in [-0.39, 0.29) is 5.69 Å². The van der Waals surface area contributed by atoms with Gasteiger partial charge < -0.3 is 5.32 Å². The van der Waals surface area contributed by atoms with Gasteiger partial charge in [0.25, 0.3) is 5.69 Å². The first-order valence-electron chi connectivity index (χ1n) is 6.47. The molecule has 19 heavy (non-hydrogen) atoms. The Hall–Kier alpha value is -1.30. The fraction of sp³-hybridized carbons (Fsp3) is 0.615. The van der Waals surface area contributed by atoms with Crippen molar-refractivity contribution in [1.29, 1.82) is 0 Å². The summed E-state index contributed by atoms with van der Waals surface area (Å²) in [5.74, 6) is 0.725. The lowest BCUT2D eigenvalue weighted by Crippen LogP contribution is -2.30. The molecule has 6 heteroatoms. The van der Waals surface area contributed by atoms with Gasteiger partial charge in [-0.2, -0.15) is 11.8 Å². The van der Waals surface area contributed by atoms with E-state index < -0.39 is 4.92 Å². The van der Waals surface area contributed by atoms with Crippen LogP contribution in [0.25, 0.3) is 0 Å². The first-order chi connectivity index (χ1) is 9.06. The van der Waals surface area contributed by atoms with Gasteiger partial charge in [0.05, 0.1) is 4.92 Å². The number of hydrogen-bond donors (Lipinski definition) is 1. The van der Waals surface area contributed by atoms with Crippen LogP contribution in [0.2, 0.25) is 0 Å². The quantitative estimate of drug-likeness (QED) is 0.662. The smallest absolute Gasteiger partial charge is 0.290 e. The van der Waals surface area contributed by atoms with Crippen LogP contribution in [0, 0.1) is 17.0 Å². The third-order valence-electron chi connectivity index (χ3n) is 3.79. The number of pyridine rings is 1. The Balaban J connectivity index is 2.03. The molecule has 1 N–H and O–H groups in total. The summed E-state index contributed by atoms with van der Waals surface area (Å²) in [6.45, 7) is 2.54. The van der Waals surface area contributed by atoms with Gasteiger partial charge >= 0.3 is 0 Å². The number of aryl methyl sites for hydroxylation is 1. The Morgan fingerprint density at radius 3 is 2.68 bits per heavy atom. The van der Waals surface area contributed by atoms with Crippen LogP contribution >= 0.6 is 11.8 Å². The minimum absolute atomic E-state index is 0.0750. The molecule has 1 aliphatic carbocycles. The highest BCUT2D eigenvalue weighted by Gasteiger charge is 2.32. The highest BCUT2D eigenvalue weighted by Crippen LogP contribution is 2.40. The predicted octanol–water partition coefficient (Wildman–Crippen LogP) is 3.39. The average molecular weight is 281 g/mol. The van der Waals surface area contributed by atoms with Gasteiger partial charge in [-0.15, -0.1) is 0 Å². The zero-order chi connectivity index (χ0) is 13.9. The Morgan fingerprint density at radius 1 is 1.47 bits per heavy atom. The van der Waals surface area contributed by atoms with Gasteiger partial charge in [0.15, 0.2) is 0 Å². The predicted molar refractivity (Wildman–Crippen MR) is 78.8 cm³/mol. The molecule has 0 radical (unpaired) electrons. The first kappa shape index (κ1) is 14.1. The maximum absolute atomic E-state index is 10.7. The van der Waals surface area contributed by atoms with Crippen LogP contribution < -0.4 is 5.32 Å². The summed E-state index contributed by atoms with van der Waals surface area (Å²) in [5, 5.41) is 14.1. The lowest BCUT2D eigenvalue weighted by atomic mass is 10.1. The van der Waals surface area contributed by atoms with Crippen molar-refractivity contribution in [2.45, 2.75) is 37.4 Å². The largest absolute Gasteiger partial charge is 0.369 e. The lowest BCUT2D eigenvalue weighted by molar-refractivity contribution is -0.385. The van der Waals surface area contributed by atoms with Gasteiger partial charge in [0.2, 0.25) is 0 Å². The fourth-order valence-corrected chi connectivity index (χ4v) is 3.48. The number of aromatic nitrogens is 1. The number of thioether (sulfide) groups is 1. The molecule has 1 fully saturated rings. The van der Waals surface area contributed by atoms with Crippen LogP contribution in [-0.2, 0) is 0 Å². The second kappa shape index (κ2) is 5.77. The number of nitrogens with zero attached hydrogens (tertiary/aromatic N) is 2. The molecule has 0 bridgehead atoms. The van der Waals surface area contributed by atoms with Crippen LogP contribution in [0.5, 0.6) is 0 Å². The molecule has 5 nitrogen and oxygen atoms in total. The third kappa shape index (κ3) is 3.18. The van der Waals surface area contributed by atoms with Gasteiger partial charge in [-0.05, 0) is 32.1 Å². The number of hydrogen-bond acceptors (Lipinski definition) is 5. The Labute approximate surface area is 117 Å². The van der Waals surface area contributed by atoms with Crippen LogP contribution in [-0.4, -0.2) is 27.5 Å². The summed E-state index contributed by atoms with van der Waals surface area (Å²) >= 11 is 1.91. The van der Waals surface area contributed by atoms with Gasteiger partial charge in [-0.3, -0.25) is 10.1 Å². The average Bonchev–Trinajstić information content (AvgIpc) is 2.85. The van der Waals surface area contributed by atoms with Crippen molar-refractivity contribution >= 4 is 23.3 Å². The van der Waals surface area contributed by atoms with E-state index >= 15 is 0 Å². The molecule has 0 unspecified atom stereocenters. The molecular weight excluding hydrogens is 262 g/mol. The minimum Gasteiger partial charge on any atom is -0.369 e. The van der Waals surface area contributed by atoms with E-state index in [9.17, 15) is 10.1 Å². The molecule has 1 heterocycles. The highest BCUT2D eigenvalue weighted by molar-refractivity contribution is 8.00. The third-order valence-corrected chi connectivity index (χ3v) is 5.21. The van der Waals surface area contributed by atoms with Gasteiger partial charge in [0.1, 0.15) is 11.5 Å². The first-order valence-corrected chi connectivity index (χ1v) is 7.70. The molecule has 2 rings (SSSR count). The molecule has 1 aliphatic rings. The molecular formula is C13H19N3O2S. The second-order valence-corrected chi connectivity index (χ2v) is 6.28. The maximum Gasteiger partial charge on any atom is 0.290 e. The van der Waals surface area contributed by atoms with Gasteiger partial charge in [-0.25, -0.2) is 4.98 Å². The van der Waals surface area contributed by atoms with E-state index in [1.807, 2.05) is 11.8 Å². The van der Waals surface area contributed by atoms with Gasteiger partial charge in [0, 0.05) is 17.4 Å². The number of nitrogens with one attached hydrogen (secondary N) is 1. The normalized spacial score (nSPS) is 17.4. The molecule has 1 aromatic rings. The summed E-state index contributed by atoms with van der Waals surface area (Å²) < 4.78 is 0.303. The van der Waals surface area contributed by atoms with Crippen molar-refractivity contribution in [1.82, 2.24) is 4.98 Å². The number of nitro groups is 1. The zero-order valence-electron chi connectivity index (χ0n) is 11.3. The molecule has 0 amide bonds. The van der Waals surface area contributed by atoms with Crippen LogP contribution in [0.1, 0.15) is 31.4 Å². The highest BCUT2D eigenvalue weighted by atomic mass is 32.2. The van der Waals surface area contributed by atoms with Crippen LogP contribution in [0.4, 0.5) is 11.5 Å². The van der Waals surface area contributed by atoms with Crippen molar-refractivity contribution in [3.8, 4) is 0 Å². The van der Waals surface area contributed by atoms with Crippen molar-refractivity contribution in [2.75, 3.05) is 18.1 Å². The van der Waals surface area contributed by atoms with Crippen molar-refractivity contribution in [2.24, 2.45) is 0 Å². The number of anilines is 1. The summed E-state index contributed by atoms with van der Waals surface area (Å²) in [6, 6.07) is 3.21. The van der Waals surface area contributed by atoms with E-state index in [0.717, 1.165) is 12.4 Å². The molecule has 0 aromatic carbocycles. The van der Waals surface area contributed by atoms with E-state index in [1.54, 1.807) is 13.0 Å². The van der Waals surface area contributed by atoms with E-state index in [1.165, 1.54) is 31.7 Å². The van der Waals surface area contributed by atoms with Crippen molar-refractivity contribution in [3.05, 3.63) is 27.9 Å². The summed E-state index contributed by atoms with van der Waals surface area (Å²) in [5.41, 5.74) is 0.533. The van der Waals surface area contributed by atoms with E-state index in [4.69, 9.17) is 0 Å². The summed E-state index contributed by atoms with van der Waals surface area (Å²) in [4.78, 5) is 14.6. The lowest BCUT2D eigenvalue weighted by Gasteiger charge is -2.27. The SMILES string of the molecule is CSC1(CNc2ccc([N+](=O)[O-])c(C)n2)CCCC1. The zero-order valence-corrected chi connectivity index (χ0v) is 12.1. The van der Waals surface area contributed by atoms with Crippen LogP contribution in [0.15, 0.2) is 12.1 Å². The molecule has 1 aromatic heterocycles. The molecule has 0 saturated heterocycles. The Bertz CT molecular complexity index is 473. The molecule has 104 valence electrons. The fourth-order valence-electron chi connectivity index (χ4n) is 2.57. The van der Waals surface area contributed by atoms with Crippen molar-refractivity contribution in [3.63, 3.8) is 0 Å². The van der Waals surface area contributed by atoms with Gasteiger partial charge in [-0.1, -0.05) is 12.8 Å². The standard InChI is InChI=1S/C13H19N3O2S/c1-10-11(16(17)18)5-6-12(15-10)14-9-13(19-2)7-3-4-8-13/h5-6H,3-4,7-9H2,1-2H3,(H,14,15). The molecule has 0 aliphatic heterocycles. The molecule has 0 atom stereocenters.